The molecule has 0 radical (unpaired) electrons. The van der Waals surface area contributed by atoms with Crippen molar-refractivity contribution in [1.82, 2.24) is 4.90 Å². The smallest absolute Gasteiger partial charge is 0.352 e. The van der Waals surface area contributed by atoms with Gasteiger partial charge in [-0.3, -0.25) is 14.7 Å². The fourth-order valence-electron chi connectivity index (χ4n) is 2.10. The number of nitrogens with zero attached hydrogens (tertiary/aromatic N) is 2. The average Bonchev–Trinajstić information content (AvgIpc) is 2.42. The van der Waals surface area contributed by atoms with E-state index in [0.717, 1.165) is 12.1 Å². The second kappa shape index (κ2) is 6.07. The molecule has 0 bridgehead atoms. The van der Waals surface area contributed by atoms with Crippen LogP contribution in [-0.2, 0) is 9.59 Å². The lowest BCUT2D eigenvalue weighted by atomic mass is 10.0. The van der Waals surface area contributed by atoms with Gasteiger partial charge in [-0.1, -0.05) is 22.9 Å². The number of hydrogen-bond acceptors (Lipinski definition) is 4. The number of fused-ring (bicyclic) bond motifs is 1. The molecule has 0 saturated carbocycles. The van der Waals surface area contributed by atoms with Crippen molar-refractivity contribution < 1.29 is 14.7 Å². The van der Waals surface area contributed by atoms with Crippen molar-refractivity contribution in [2.24, 2.45) is 4.99 Å². The lowest BCUT2D eigenvalue weighted by Crippen LogP contribution is -2.64. The molecule has 2 heterocycles. The Morgan fingerprint density at radius 3 is 2.85 bits per heavy atom. The van der Waals surface area contributed by atoms with E-state index in [1.807, 2.05) is 13.8 Å². The van der Waals surface area contributed by atoms with Gasteiger partial charge in [0.25, 0.3) is 5.91 Å². The first-order valence-corrected chi connectivity index (χ1v) is 8.51. The Kier molecular flexibility index (Phi) is 4.81. The van der Waals surface area contributed by atoms with Crippen molar-refractivity contribution in [2.75, 3.05) is 5.75 Å². The highest BCUT2D eigenvalue weighted by molar-refractivity contribution is 9.10. The standard InChI is InChI=1S/C12H14BrClN2O3S/c1-3-5(2)15-7-10(17)16-8(12(18)19)6(9(13)14)4-20-11(7)16/h7,9,11H,3-4H2,1-2H3,(H,18,19)/t7-,9?,11+/m1/s1. The minimum absolute atomic E-state index is 0.00349. The van der Waals surface area contributed by atoms with Crippen LogP contribution in [0.3, 0.4) is 0 Å². The van der Waals surface area contributed by atoms with Gasteiger partial charge < -0.3 is 5.11 Å². The summed E-state index contributed by atoms with van der Waals surface area (Å²) in [5, 5.41) is 9.10. The number of aliphatic imine (C=N–C) groups is 1. The monoisotopic (exact) mass is 380 g/mol. The maximum Gasteiger partial charge on any atom is 0.352 e. The molecule has 8 heteroatoms. The van der Waals surface area contributed by atoms with Gasteiger partial charge in [0.1, 0.15) is 15.4 Å². The summed E-state index contributed by atoms with van der Waals surface area (Å²) in [6.45, 7) is 3.84. The zero-order chi connectivity index (χ0) is 15.0. The summed E-state index contributed by atoms with van der Waals surface area (Å²) in [5.41, 5.74) is 1.41. The van der Waals surface area contributed by atoms with Gasteiger partial charge in [0.05, 0.1) is 0 Å². The predicted octanol–water partition coefficient (Wildman–Crippen LogP) is 2.44. The van der Waals surface area contributed by atoms with Gasteiger partial charge in [0.15, 0.2) is 6.04 Å². The molecule has 1 N–H and O–H groups in total. The van der Waals surface area contributed by atoms with Crippen LogP contribution in [0.25, 0.3) is 0 Å². The summed E-state index contributed by atoms with van der Waals surface area (Å²) in [5.74, 6) is -0.916. The number of carboxylic acids is 1. The summed E-state index contributed by atoms with van der Waals surface area (Å²) in [6.07, 6.45) is 0.777. The van der Waals surface area contributed by atoms with Gasteiger partial charge in [0.2, 0.25) is 0 Å². The molecule has 1 fully saturated rings. The highest BCUT2D eigenvalue weighted by Crippen LogP contribution is 2.43. The minimum atomic E-state index is -1.13. The summed E-state index contributed by atoms with van der Waals surface area (Å²) in [4.78, 5) is 29.3. The molecule has 0 aromatic rings. The Hall–Kier alpha value is -0.530. The highest BCUT2D eigenvalue weighted by atomic mass is 79.9. The van der Waals surface area contributed by atoms with Gasteiger partial charge in [-0.25, -0.2) is 4.79 Å². The van der Waals surface area contributed by atoms with Crippen LogP contribution in [0, 0.1) is 0 Å². The third-order valence-corrected chi connectivity index (χ3v) is 5.41. The third-order valence-electron chi connectivity index (χ3n) is 3.31. The molecule has 20 heavy (non-hydrogen) atoms. The zero-order valence-corrected chi connectivity index (χ0v) is 14.1. The molecule has 0 aromatic heterocycles. The average molecular weight is 382 g/mol. The molecule has 2 aliphatic heterocycles. The Labute approximate surface area is 134 Å². The lowest BCUT2D eigenvalue weighted by molar-refractivity contribution is -0.147. The van der Waals surface area contributed by atoms with E-state index < -0.39 is 16.3 Å². The number of β-lactam (4-membered cyclic amide) rings is 1. The zero-order valence-electron chi connectivity index (χ0n) is 11.0. The number of carbonyl (C=O) groups excluding carboxylic acids is 1. The largest absolute Gasteiger partial charge is 0.477 e. The number of carboxylic acid groups (broad SMARTS) is 1. The second-order valence-electron chi connectivity index (χ2n) is 4.55. The van der Waals surface area contributed by atoms with Crippen LogP contribution in [0.1, 0.15) is 20.3 Å². The number of halogens is 2. The van der Waals surface area contributed by atoms with E-state index >= 15 is 0 Å². The summed E-state index contributed by atoms with van der Waals surface area (Å²) >= 11 is 10.6. The molecule has 3 atom stereocenters. The van der Waals surface area contributed by atoms with Crippen LogP contribution in [0.4, 0.5) is 0 Å². The maximum absolute atomic E-state index is 12.2. The molecule has 0 spiro atoms. The van der Waals surface area contributed by atoms with Crippen molar-refractivity contribution in [2.45, 2.75) is 36.0 Å². The number of alkyl halides is 2. The molecule has 5 nitrogen and oxygen atoms in total. The van der Waals surface area contributed by atoms with Crippen LogP contribution < -0.4 is 0 Å². The van der Waals surface area contributed by atoms with E-state index in [2.05, 4.69) is 20.9 Å². The quantitative estimate of drug-likeness (QED) is 0.461. The molecule has 0 aromatic carbocycles. The van der Waals surface area contributed by atoms with Gasteiger partial charge in [-0.05, 0) is 18.9 Å². The summed E-state index contributed by atoms with van der Waals surface area (Å²) < 4.78 is -0.588. The first kappa shape index (κ1) is 15.9. The Bertz CT molecular complexity index is 521. The number of carbonyl (C=O) groups is 2. The van der Waals surface area contributed by atoms with Crippen LogP contribution in [0.5, 0.6) is 0 Å². The maximum atomic E-state index is 12.2. The molecule has 1 saturated heterocycles. The van der Waals surface area contributed by atoms with Crippen molar-refractivity contribution in [3.8, 4) is 0 Å². The van der Waals surface area contributed by atoms with Crippen LogP contribution in [0.15, 0.2) is 16.3 Å². The number of amides is 1. The van der Waals surface area contributed by atoms with Gasteiger partial charge in [-0.2, -0.15) is 0 Å². The molecule has 2 aliphatic rings. The summed E-state index contributed by atoms with van der Waals surface area (Å²) in [7, 11) is 0. The third kappa shape index (κ3) is 2.63. The van der Waals surface area contributed by atoms with Crippen LogP contribution >= 0.6 is 39.3 Å². The SMILES string of the molecule is CCC(C)=N[C@@H]1C(=O)N2C(C(=O)O)=C(C(Cl)Br)CS[C@@H]12. The van der Waals surface area contributed by atoms with E-state index in [1.54, 1.807) is 0 Å². The van der Waals surface area contributed by atoms with Crippen LogP contribution in [-0.4, -0.2) is 49.0 Å². The minimum Gasteiger partial charge on any atom is -0.477 e. The van der Waals surface area contributed by atoms with Crippen molar-refractivity contribution in [3.05, 3.63) is 11.3 Å². The van der Waals surface area contributed by atoms with Gasteiger partial charge >= 0.3 is 5.97 Å². The van der Waals surface area contributed by atoms with E-state index in [-0.39, 0.29) is 17.0 Å². The number of aliphatic carboxylic acids is 1. The molecule has 0 aliphatic carbocycles. The summed E-state index contributed by atoms with van der Waals surface area (Å²) in [6, 6.07) is -0.472. The van der Waals surface area contributed by atoms with E-state index in [0.29, 0.717) is 11.3 Å². The first-order chi connectivity index (χ1) is 9.38. The molecular weight excluding hydrogens is 368 g/mol. The van der Waals surface area contributed by atoms with Gasteiger partial charge in [0, 0.05) is 11.5 Å². The lowest BCUT2D eigenvalue weighted by Gasteiger charge is -2.48. The Morgan fingerprint density at radius 1 is 1.70 bits per heavy atom. The van der Waals surface area contributed by atoms with E-state index in [9.17, 15) is 14.7 Å². The Morgan fingerprint density at radius 2 is 2.35 bits per heavy atom. The highest BCUT2D eigenvalue weighted by Gasteiger charge is 2.54. The number of rotatable bonds is 4. The van der Waals surface area contributed by atoms with Crippen LogP contribution in [0.2, 0.25) is 0 Å². The molecular formula is C12H14BrClN2O3S. The van der Waals surface area contributed by atoms with Gasteiger partial charge in [-0.15, -0.1) is 23.4 Å². The molecule has 1 unspecified atom stereocenters. The van der Waals surface area contributed by atoms with E-state index in [4.69, 9.17) is 11.6 Å². The van der Waals surface area contributed by atoms with Crippen molar-refractivity contribution in [3.63, 3.8) is 0 Å². The van der Waals surface area contributed by atoms with E-state index in [1.165, 1.54) is 16.7 Å². The predicted molar refractivity (Wildman–Crippen MR) is 83.5 cm³/mol. The second-order valence-corrected chi connectivity index (χ2v) is 7.54. The fraction of sp³-hybridized carbons (Fsp3) is 0.583. The molecule has 110 valence electrons. The molecule has 2 rings (SSSR count). The first-order valence-electron chi connectivity index (χ1n) is 6.10. The topological polar surface area (TPSA) is 70.0 Å². The fourth-order valence-corrected chi connectivity index (χ4v) is 4.34. The van der Waals surface area contributed by atoms with Crippen molar-refractivity contribution in [1.29, 1.82) is 0 Å². The number of hydrogen-bond donors (Lipinski definition) is 1. The van der Waals surface area contributed by atoms with Crippen molar-refractivity contribution >= 4 is 56.9 Å². The molecule has 1 amide bonds. The Balaban J connectivity index is 2.32. The number of thioether (sulfide) groups is 1. The normalized spacial score (nSPS) is 28.1.